The highest BCUT2D eigenvalue weighted by Crippen LogP contribution is 2.24. The van der Waals surface area contributed by atoms with Gasteiger partial charge in [-0.2, -0.15) is 0 Å². The van der Waals surface area contributed by atoms with Crippen LogP contribution in [0.15, 0.2) is 41.1 Å². The molecule has 1 aliphatic rings. The molecule has 0 saturated carbocycles. The highest BCUT2D eigenvalue weighted by Gasteiger charge is 2.37. The topological polar surface area (TPSA) is 194 Å². The number of carbonyl (C=O) groups excluding carboxylic acids is 2. The van der Waals surface area contributed by atoms with Gasteiger partial charge in [0.1, 0.15) is 30.4 Å². The first-order valence-electron chi connectivity index (χ1n) is 9.26. The van der Waals surface area contributed by atoms with Crippen LogP contribution < -0.4 is 22.1 Å². The average molecular weight is 455 g/mol. The average Bonchev–Trinajstić information content (AvgIpc) is 2.75. The summed E-state index contributed by atoms with van der Waals surface area (Å²) in [7, 11) is 0. The predicted molar refractivity (Wildman–Crippen MR) is 109 cm³/mol. The minimum absolute atomic E-state index is 0.0658. The van der Waals surface area contributed by atoms with Gasteiger partial charge in [0, 0.05) is 5.03 Å². The normalized spacial score (nSPS) is 18.9. The first-order chi connectivity index (χ1) is 14.6. The third-order valence-corrected chi connectivity index (χ3v) is 4.99. The number of allylic oxidation sites excluding steroid dienone is 1. The van der Waals surface area contributed by atoms with Crippen molar-refractivity contribution in [3.8, 4) is 0 Å². The number of hydrogen-bond donors (Lipinski definition) is 6. The van der Waals surface area contributed by atoms with Crippen molar-refractivity contribution in [3.05, 3.63) is 46.6 Å². The zero-order valence-electron chi connectivity index (χ0n) is 16.3. The van der Waals surface area contributed by atoms with Crippen molar-refractivity contribution in [3.63, 3.8) is 0 Å². The quantitative estimate of drug-likeness (QED) is 0.262. The third-order valence-electron chi connectivity index (χ3n) is 4.61. The molecule has 0 spiro atoms. The molecule has 1 aromatic carbocycles. The molecular weight excluding hydrogens is 432 g/mol. The molecule has 1 aliphatic heterocycles. The van der Waals surface area contributed by atoms with Gasteiger partial charge in [-0.15, -0.1) is 0 Å². The first-order valence-corrected chi connectivity index (χ1v) is 9.64. The number of esters is 1. The second kappa shape index (κ2) is 10.8. The number of halogens is 1. The monoisotopic (exact) mass is 454 g/mol. The van der Waals surface area contributed by atoms with Gasteiger partial charge in [0.25, 0.3) is 0 Å². The molecule has 0 radical (unpaired) electrons. The molecule has 0 saturated heterocycles. The van der Waals surface area contributed by atoms with Crippen molar-refractivity contribution in [2.75, 3.05) is 6.61 Å². The van der Waals surface area contributed by atoms with E-state index in [1.807, 2.05) is 0 Å². The van der Waals surface area contributed by atoms with Gasteiger partial charge in [0.05, 0.1) is 6.04 Å². The summed E-state index contributed by atoms with van der Waals surface area (Å²) in [6, 6.07) is 3.55. The van der Waals surface area contributed by atoms with E-state index in [0.717, 1.165) is 0 Å². The van der Waals surface area contributed by atoms with Crippen molar-refractivity contribution in [2.45, 2.75) is 37.0 Å². The van der Waals surface area contributed by atoms with E-state index in [1.54, 1.807) is 30.3 Å². The Morgan fingerprint density at radius 3 is 2.42 bits per heavy atom. The largest absolute Gasteiger partial charge is 0.480 e. The summed E-state index contributed by atoms with van der Waals surface area (Å²) in [6.45, 7) is -0.639. The standard InChI is InChI=1S/C19H23ClN4O7/c20-10-6-7-12(23-14(10)18(28)29)15(19(30)31-8-11(21)17(26)27)24-16(25)13(22)9-4-2-1-3-5-9/h1-5,11-13,15,23H,6-8,21-22H2,(H,24,25)(H,26,27)(H,28,29)/t11-,12+,13?,15-/m0/s1. The lowest BCUT2D eigenvalue weighted by Gasteiger charge is -2.32. The minimum atomic E-state index is -1.46. The number of ether oxygens (including phenoxy) is 1. The maximum atomic E-state index is 12.7. The molecule has 12 heteroatoms. The number of carboxylic acids is 2. The summed E-state index contributed by atoms with van der Waals surface area (Å²) < 4.78 is 4.95. The van der Waals surface area contributed by atoms with E-state index in [4.69, 9.17) is 32.9 Å². The highest BCUT2D eigenvalue weighted by molar-refractivity contribution is 6.31. The molecule has 0 bridgehead atoms. The summed E-state index contributed by atoms with van der Waals surface area (Å²) >= 11 is 5.93. The Labute approximate surface area is 182 Å². The molecular formula is C19H23ClN4O7. The lowest BCUT2D eigenvalue weighted by Crippen LogP contribution is -2.57. The fourth-order valence-corrected chi connectivity index (χ4v) is 3.13. The van der Waals surface area contributed by atoms with Crippen LogP contribution in [0.3, 0.4) is 0 Å². The lowest BCUT2D eigenvalue weighted by molar-refractivity contribution is -0.152. The fraction of sp³-hybridized carbons (Fsp3) is 0.368. The van der Waals surface area contributed by atoms with Crippen molar-refractivity contribution >= 4 is 35.4 Å². The third kappa shape index (κ3) is 6.41. The molecule has 1 aromatic rings. The summed E-state index contributed by atoms with van der Waals surface area (Å²) in [5.41, 5.74) is 11.5. The number of benzene rings is 1. The Bertz CT molecular complexity index is 877. The number of hydrogen-bond acceptors (Lipinski definition) is 8. The molecule has 11 nitrogen and oxygen atoms in total. The van der Waals surface area contributed by atoms with Crippen molar-refractivity contribution in [1.29, 1.82) is 0 Å². The predicted octanol–water partition coefficient (Wildman–Crippen LogP) is -0.587. The molecule has 4 atom stereocenters. The van der Waals surface area contributed by atoms with Crippen LogP contribution in [0.1, 0.15) is 24.4 Å². The van der Waals surface area contributed by atoms with Crippen molar-refractivity contribution < 1.29 is 34.1 Å². The maximum Gasteiger partial charge on any atom is 0.353 e. The van der Waals surface area contributed by atoms with E-state index < -0.39 is 54.6 Å². The molecule has 2 rings (SSSR count). The van der Waals surface area contributed by atoms with Gasteiger partial charge >= 0.3 is 17.9 Å². The fourth-order valence-electron chi connectivity index (χ4n) is 2.88. The summed E-state index contributed by atoms with van der Waals surface area (Å²) in [6.07, 6.45) is 0.334. The molecule has 31 heavy (non-hydrogen) atoms. The second-order valence-corrected chi connectivity index (χ2v) is 7.28. The van der Waals surface area contributed by atoms with E-state index in [1.165, 1.54) is 0 Å². The SMILES string of the molecule is NC(C(=O)N[C@H](C(=O)OC[C@H](N)C(=O)O)[C@H]1CCC(Cl)=C(C(=O)O)N1)c1ccccc1. The number of rotatable bonds is 9. The Balaban J connectivity index is 2.21. The Morgan fingerprint density at radius 1 is 1.19 bits per heavy atom. The molecule has 0 fully saturated rings. The molecule has 1 amide bonds. The molecule has 0 aromatic heterocycles. The van der Waals surface area contributed by atoms with Crippen LogP contribution in [0.25, 0.3) is 0 Å². The van der Waals surface area contributed by atoms with Gasteiger partial charge in [-0.3, -0.25) is 9.59 Å². The highest BCUT2D eigenvalue weighted by atomic mass is 35.5. The van der Waals surface area contributed by atoms with Crippen LogP contribution in [0.2, 0.25) is 0 Å². The molecule has 1 heterocycles. The smallest absolute Gasteiger partial charge is 0.353 e. The van der Waals surface area contributed by atoms with Crippen LogP contribution in [-0.2, 0) is 23.9 Å². The van der Waals surface area contributed by atoms with Crippen LogP contribution in [0.5, 0.6) is 0 Å². The number of nitrogens with two attached hydrogens (primary N) is 2. The number of aliphatic carboxylic acids is 2. The summed E-state index contributed by atoms with van der Waals surface area (Å²) in [5.74, 6) is -4.42. The van der Waals surface area contributed by atoms with Crippen LogP contribution in [0.4, 0.5) is 0 Å². The minimum Gasteiger partial charge on any atom is -0.480 e. The summed E-state index contributed by atoms with van der Waals surface area (Å²) in [5, 5.41) is 23.3. The number of carbonyl (C=O) groups is 4. The van der Waals surface area contributed by atoms with Gasteiger partial charge in [-0.1, -0.05) is 41.9 Å². The Morgan fingerprint density at radius 2 is 1.84 bits per heavy atom. The molecule has 0 aliphatic carbocycles. The van der Waals surface area contributed by atoms with Crippen molar-refractivity contribution in [1.82, 2.24) is 10.6 Å². The van der Waals surface area contributed by atoms with E-state index in [0.29, 0.717) is 5.56 Å². The van der Waals surface area contributed by atoms with Gasteiger partial charge in [0.15, 0.2) is 0 Å². The zero-order chi connectivity index (χ0) is 23.1. The number of carboxylic acid groups (broad SMARTS) is 2. The van der Waals surface area contributed by atoms with Crippen LogP contribution >= 0.6 is 11.6 Å². The van der Waals surface area contributed by atoms with E-state index >= 15 is 0 Å². The number of nitrogens with one attached hydrogen (secondary N) is 2. The van der Waals surface area contributed by atoms with Gasteiger partial charge < -0.3 is 37.1 Å². The van der Waals surface area contributed by atoms with Crippen LogP contribution in [-0.4, -0.2) is 58.8 Å². The maximum absolute atomic E-state index is 12.7. The number of amides is 1. The van der Waals surface area contributed by atoms with Crippen molar-refractivity contribution in [2.24, 2.45) is 11.5 Å². The van der Waals surface area contributed by atoms with E-state index in [-0.39, 0.29) is 23.6 Å². The van der Waals surface area contributed by atoms with Gasteiger partial charge in [-0.05, 0) is 18.4 Å². The van der Waals surface area contributed by atoms with Gasteiger partial charge in [-0.25, -0.2) is 9.59 Å². The molecule has 8 N–H and O–H groups in total. The molecule has 168 valence electrons. The summed E-state index contributed by atoms with van der Waals surface area (Å²) in [4.78, 5) is 47.6. The lowest BCUT2D eigenvalue weighted by atomic mass is 9.97. The van der Waals surface area contributed by atoms with E-state index in [2.05, 4.69) is 10.6 Å². The Hall–Kier alpha value is -3.15. The first kappa shape index (κ1) is 24.1. The Kier molecular flexibility index (Phi) is 8.37. The van der Waals surface area contributed by atoms with E-state index in [9.17, 15) is 24.3 Å². The van der Waals surface area contributed by atoms with Gasteiger partial charge in [0.2, 0.25) is 5.91 Å². The second-order valence-electron chi connectivity index (χ2n) is 6.82. The van der Waals surface area contributed by atoms with Crippen LogP contribution in [0, 0.1) is 0 Å². The zero-order valence-corrected chi connectivity index (χ0v) is 17.0. The molecule has 1 unspecified atom stereocenters.